The summed E-state index contributed by atoms with van der Waals surface area (Å²) in [5.74, 6) is -0.283. The second-order valence-corrected chi connectivity index (χ2v) is 2.89. The Bertz CT molecular complexity index is 268. The number of ketones is 1. The van der Waals surface area contributed by atoms with Crippen molar-refractivity contribution in [1.29, 1.82) is 0 Å². The molecule has 0 aliphatic heterocycles. The Balaban J connectivity index is 2.78. The van der Waals surface area contributed by atoms with Gasteiger partial charge in [0.25, 0.3) is 0 Å². The van der Waals surface area contributed by atoms with Crippen molar-refractivity contribution in [2.75, 3.05) is 6.61 Å². The quantitative estimate of drug-likeness (QED) is 0.708. The molecule has 0 saturated carbocycles. The van der Waals surface area contributed by atoms with Crippen LogP contribution in [0.1, 0.15) is 23.7 Å². The van der Waals surface area contributed by atoms with E-state index in [0.29, 0.717) is 12.0 Å². The van der Waals surface area contributed by atoms with E-state index in [2.05, 4.69) is 4.98 Å². The van der Waals surface area contributed by atoms with E-state index in [9.17, 15) is 4.79 Å². The number of rotatable bonds is 4. The van der Waals surface area contributed by atoms with Gasteiger partial charge in [-0.2, -0.15) is 0 Å². The fraction of sp³-hybridized carbons (Fsp3) is 0.400. The van der Waals surface area contributed by atoms with Gasteiger partial charge in [0.1, 0.15) is 0 Å². The normalized spacial score (nSPS) is 12.5. The first kappa shape index (κ1) is 9.86. The Morgan fingerprint density at radius 3 is 2.62 bits per heavy atom. The number of aliphatic hydroxyl groups is 1. The molecule has 3 heteroatoms. The lowest BCUT2D eigenvalue weighted by molar-refractivity contribution is 0.0856. The molecule has 70 valence electrons. The Kier molecular flexibility index (Phi) is 3.58. The van der Waals surface area contributed by atoms with Crippen LogP contribution in [0.2, 0.25) is 0 Å². The topological polar surface area (TPSA) is 50.2 Å². The summed E-state index contributed by atoms with van der Waals surface area (Å²) in [5, 5.41) is 8.92. The Morgan fingerprint density at radius 1 is 1.54 bits per heavy atom. The average molecular weight is 179 g/mol. The van der Waals surface area contributed by atoms with Gasteiger partial charge in [-0.05, 0) is 18.6 Å². The molecule has 1 aromatic heterocycles. The van der Waals surface area contributed by atoms with Gasteiger partial charge in [-0.25, -0.2) is 0 Å². The number of carbonyl (C=O) groups is 1. The van der Waals surface area contributed by atoms with Crippen LogP contribution < -0.4 is 0 Å². The van der Waals surface area contributed by atoms with E-state index in [1.807, 2.05) is 6.92 Å². The number of aromatic nitrogens is 1. The number of nitrogens with zero attached hydrogens (tertiary/aromatic N) is 1. The highest BCUT2D eigenvalue weighted by Gasteiger charge is 2.16. The molecule has 0 saturated heterocycles. The van der Waals surface area contributed by atoms with Gasteiger partial charge in [-0.1, -0.05) is 6.92 Å². The van der Waals surface area contributed by atoms with Gasteiger partial charge in [0.05, 0.1) is 6.61 Å². The molecule has 0 radical (unpaired) electrons. The molecule has 1 unspecified atom stereocenters. The van der Waals surface area contributed by atoms with Crippen molar-refractivity contribution in [2.45, 2.75) is 13.3 Å². The van der Waals surface area contributed by atoms with Crippen molar-refractivity contribution in [2.24, 2.45) is 5.92 Å². The highest BCUT2D eigenvalue weighted by Crippen LogP contribution is 2.10. The summed E-state index contributed by atoms with van der Waals surface area (Å²) in [6.07, 6.45) is 3.83. The molecule has 1 rings (SSSR count). The van der Waals surface area contributed by atoms with Gasteiger partial charge in [-0.3, -0.25) is 9.78 Å². The van der Waals surface area contributed by atoms with Crippen LogP contribution in [0.3, 0.4) is 0 Å². The zero-order valence-corrected chi connectivity index (χ0v) is 7.60. The molecule has 0 aliphatic rings. The van der Waals surface area contributed by atoms with Crippen LogP contribution in [0.15, 0.2) is 24.5 Å². The number of Topliss-reactive ketones (excluding diaryl/α,β-unsaturated/α-hetero) is 1. The number of aliphatic hydroxyl groups excluding tert-OH is 1. The summed E-state index contributed by atoms with van der Waals surface area (Å²) in [5.41, 5.74) is 0.621. The first-order valence-electron chi connectivity index (χ1n) is 4.34. The summed E-state index contributed by atoms with van der Waals surface area (Å²) < 4.78 is 0. The standard InChI is InChI=1S/C10H13NO2/c1-2-8(7-12)10(13)9-3-5-11-6-4-9/h3-6,8,12H,2,7H2,1H3. The molecule has 1 N–H and O–H groups in total. The molecule has 1 atom stereocenters. The smallest absolute Gasteiger partial charge is 0.168 e. The van der Waals surface area contributed by atoms with Gasteiger partial charge in [-0.15, -0.1) is 0 Å². The largest absolute Gasteiger partial charge is 0.396 e. The predicted octanol–water partition coefficient (Wildman–Crippen LogP) is 1.28. The van der Waals surface area contributed by atoms with E-state index in [1.165, 1.54) is 0 Å². The fourth-order valence-corrected chi connectivity index (χ4v) is 1.15. The number of hydrogen-bond acceptors (Lipinski definition) is 3. The molecule has 1 aromatic rings. The van der Waals surface area contributed by atoms with Gasteiger partial charge in [0.15, 0.2) is 5.78 Å². The molecule has 0 amide bonds. The van der Waals surface area contributed by atoms with Crippen molar-refractivity contribution in [1.82, 2.24) is 4.98 Å². The highest BCUT2D eigenvalue weighted by atomic mass is 16.3. The van der Waals surface area contributed by atoms with Crippen LogP contribution in [0.5, 0.6) is 0 Å². The zero-order valence-electron chi connectivity index (χ0n) is 7.60. The summed E-state index contributed by atoms with van der Waals surface area (Å²) in [7, 11) is 0. The van der Waals surface area contributed by atoms with Crippen LogP contribution in [-0.2, 0) is 0 Å². The summed E-state index contributed by atoms with van der Waals surface area (Å²) >= 11 is 0. The predicted molar refractivity (Wildman–Crippen MR) is 49.4 cm³/mol. The van der Waals surface area contributed by atoms with Gasteiger partial charge in [0, 0.05) is 23.9 Å². The second-order valence-electron chi connectivity index (χ2n) is 2.89. The molecular weight excluding hydrogens is 166 g/mol. The van der Waals surface area contributed by atoms with Crippen molar-refractivity contribution in [3.8, 4) is 0 Å². The maximum absolute atomic E-state index is 11.6. The molecular formula is C10H13NO2. The lowest BCUT2D eigenvalue weighted by atomic mass is 9.97. The summed E-state index contributed by atoms with van der Waals surface area (Å²) in [6.45, 7) is 1.80. The molecule has 0 fully saturated rings. The van der Waals surface area contributed by atoms with Crippen molar-refractivity contribution < 1.29 is 9.90 Å². The first-order chi connectivity index (χ1) is 6.29. The monoisotopic (exact) mass is 179 g/mol. The summed E-state index contributed by atoms with van der Waals surface area (Å²) in [6, 6.07) is 3.33. The van der Waals surface area contributed by atoms with E-state index < -0.39 is 0 Å². The molecule has 1 heterocycles. The third-order valence-corrected chi connectivity index (χ3v) is 2.05. The van der Waals surface area contributed by atoms with Gasteiger partial charge >= 0.3 is 0 Å². The zero-order chi connectivity index (χ0) is 9.68. The van der Waals surface area contributed by atoms with Gasteiger partial charge < -0.3 is 5.11 Å². The minimum absolute atomic E-state index is 0.00704. The van der Waals surface area contributed by atoms with E-state index in [4.69, 9.17) is 5.11 Å². The molecule has 0 aromatic carbocycles. The number of pyridine rings is 1. The molecule has 0 bridgehead atoms. The van der Waals surface area contributed by atoms with Crippen molar-refractivity contribution in [3.05, 3.63) is 30.1 Å². The van der Waals surface area contributed by atoms with Crippen LogP contribution >= 0.6 is 0 Å². The molecule has 0 spiro atoms. The van der Waals surface area contributed by atoms with Crippen LogP contribution in [0.25, 0.3) is 0 Å². The highest BCUT2D eigenvalue weighted by molar-refractivity contribution is 5.97. The molecule has 3 nitrogen and oxygen atoms in total. The van der Waals surface area contributed by atoms with Crippen LogP contribution in [0, 0.1) is 5.92 Å². The molecule has 0 aliphatic carbocycles. The number of hydrogen-bond donors (Lipinski definition) is 1. The third-order valence-electron chi connectivity index (χ3n) is 2.05. The number of carbonyl (C=O) groups excluding carboxylic acids is 1. The lowest BCUT2D eigenvalue weighted by Gasteiger charge is -2.09. The van der Waals surface area contributed by atoms with E-state index in [1.54, 1.807) is 24.5 Å². The van der Waals surface area contributed by atoms with E-state index >= 15 is 0 Å². The Morgan fingerprint density at radius 2 is 2.15 bits per heavy atom. The average Bonchev–Trinajstić information content (AvgIpc) is 2.21. The second kappa shape index (κ2) is 4.72. The first-order valence-corrected chi connectivity index (χ1v) is 4.34. The van der Waals surface area contributed by atoms with Crippen LogP contribution in [-0.4, -0.2) is 22.5 Å². The van der Waals surface area contributed by atoms with Crippen LogP contribution in [0.4, 0.5) is 0 Å². The van der Waals surface area contributed by atoms with E-state index in [0.717, 1.165) is 0 Å². The third kappa shape index (κ3) is 2.36. The maximum atomic E-state index is 11.6. The SMILES string of the molecule is CCC(CO)C(=O)c1ccncc1. The summed E-state index contributed by atoms with van der Waals surface area (Å²) in [4.78, 5) is 15.4. The maximum Gasteiger partial charge on any atom is 0.168 e. The Labute approximate surface area is 77.4 Å². The van der Waals surface area contributed by atoms with Crippen molar-refractivity contribution in [3.63, 3.8) is 0 Å². The fourth-order valence-electron chi connectivity index (χ4n) is 1.15. The minimum Gasteiger partial charge on any atom is -0.396 e. The Hall–Kier alpha value is -1.22. The lowest BCUT2D eigenvalue weighted by Crippen LogP contribution is -2.17. The van der Waals surface area contributed by atoms with Gasteiger partial charge in [0.2, 0.25) is 0 Å². The van der Waals surface area contributed by atoms with E-state index in [-0.39, 0.29) is 18.3 Å². The minimum atomic E-state index is -0.276. The van der Waals surface area contributed by atoms with Crippen molar-refractivity contribution >= 4 is 5.78 Å². The molecule has 13 heavy (non-hydrogen) atoms.